The Hall–Kier alpha value is -3.91. The third kappa shape index (κ3) is 6.60. The van der Waals surface area contributed by atoms with Crippen LogP contribution >= 0.6 is 35.6 Å². The van der Waals surface area contributed by atoms with E-state index in [-0.39, 0.29) is 11.8 Å². The quantitative estimate of drug-likeness (QED) is 0.163. The smallest absolute Gasteiger partial charge is 0.406 e. The molecule has 0 aliphatic carbocycles. The van der Waals surface area contributed by atoms with Crippen LogP contribution in [0.3, 0.4) is 0 Å². The average molecular weight is 656 g/mol. The Morgan fingerprint density at radius 3 is 2.61 bits per heavy atom. The number of hydrogen-bond acceptors (Lipinski definition) is 6. The van der Waals surface area contributed by atoms with Gasteiger partial charge in [0.1, 0.15) is 12.1 Å². The van der Waals surface area contributed by atoms with Gasteiger partial charge in [-0.1, -0.05) is 66.7 Å². The fourth-order valence-electron chi connectivity index (χ4n) is 4.94. The standard InChI is InChI=1S/C30H25ClF3N7OS2/c1-17-13-23-15-44-29(41(23)26-14-21(31)7-12-25(17)26)36-28(43)38-37-18(2)19-3-5-20(6-4-19)27-35-16-40(39-27)22-8-10-24(11-9-22)42-30(32,33)34/h3-14,16-18,37H,15H2,1-2H3,(H,38,43)/b36-29-. The number of hydrazine groups is 1. The molecule has 3 aromatic carbocycles. The van der Waals surface area contributed by atoms with Gasteiger partial charge >= 0.3 is 6.36 Å². The van der Waals surface area contributed by atoms with E-state index in [1.807, 2.05) is 43.3 Å². The van der Waals surface area contributed by atoms with Gasteiger partial charge < -0.3 is 4.74 Å². The average Bonchev–Trinajstić information content (AvgIpc) is 3.63. The fraction of sp³-hybridized carbons (Fsp3) is 0.200. The number of benzene rings is 3. The minimum atomic E-state index is -4.75. The topological polar surface area (TPSA) is 79.6 Å². The maximum atomic E-state index is 12.4. The molecule has 0 amide bonds. The van der Waals surface area contributed by atoms with Crippen molar-refractivity contribution in [1.82, 2.24) is 25.6 Å². The summed E-state index contributed by atoms with van der Waals surface area (Å²) in [5, 5.41) is 6.23. The van der Waals surface area contributed by atoms with Crippen LogP contribution in [-0.4, -0.2) is 37.2 Å². The lowest BCUT2D eigenvalue weighted by Crippen LogP contribution is -2.38. The zero-order chi connectivity index (χ0) is 31.0. The Labute approximate surface area is 265 Å². The first kappa shape index (κ1) is 30.1. The van der Waals surface area contributed by atoms with Gasteiger partial charge in [0.15, 0.2) is 11.0 Å². The van der Waals surface area contributed by atoms with Gasteiger partial charge in [-0.25, -0.2) is 15.1 Å². The molecule has 1 fully saturated rings. The Morgan fingerprint density at radius 1 is 1.14 bits per heavy atom. The van der Waals surface area contributed by atoms with Crippen molar-refractivity contribution in [3.05, 3.63) is 101 Å². The zero-order valence-corrected chi connectivity index (χ0v) is 25.7. The number of thioether (sulfide) groups is 1. The Morgan fingerprint density at radius 2 is 1.89 bits per heavy atom. The van der Waals surface area contributed by atoms with Gasteiger partial charge in [-0.05, 0) is 66.7 Å². The number of hydrogen-bond donors (Lipinski definition) is 2. The number of anilines is 1. The first-order chi connectivity index (χ1) is 21.0. The van der Waals surface area contributed by atoms with Crippen LogP contribution in [0.25, 0.3) is 17.1 Å². The predicted molar refractivity (Wildman–Crippen MR) is 171 cm³/mol. The summed E-state index contributed by atoms with van der Waals surface area (Å²) in [6.07, 6.45) is -0.998. The highest BCUT2D eigenvalue weighted by molar-refractivity contribution is 8.14. The van der Waals surface area contributed by atoms with Crippen LogP contribution in [-0.2, 0) is 0 Å². The van der Waals surface area contributed by atoms with Crippen molar-refractivity contribution in [3.8, 4) is 22.8 Å². The second kappa shape index (κ2) is 12.2. The summed E-state index contributed by atoms with van der Waals surface area (Å²) >= 11 is 13.5. The normalized spacial score (nSPS) is 17.6. The van der Waals surface area contributed by atoms with E-state index in [4.69, 9.17) is 23.8 Å². The molecule has 0 bridgehead atoms. The molecule has 6 rings (SSSR count). The maximum absolute atomic E-state index is 12.4. The van der Waals surface area contributed by atoms with E-state index in [1.54, 1.807) is 11.8 Å². The van der Waals surface area contributed by atoms with Gasteiger partial charge in [-0.15, -0.1) is 18.3 Å². The first-order valence-electron chi connectivity index (χ1n) is 13.5. The number of rotatable bonds is 6. The molecule has 2 atom stereocenters. The Kier molecular flexibility index (Phi) is 8.38. The molecule has 4 aromatic rings. The van der Waals surface area contributed by atoms with E-state index < -0.39 is 6.36 Å². The summed E-state index contributed by atoms with van der Waals surface area (Å²) < 4.78 is 42.7. The number of alkyl halides is 3. The molecule has 0 spiro atoms. The summed E-state index contributed by atoms with van der Waals surface area (Å²) in [5.41, 5.74) is 12.0. The number of aromatic nitrogens is 3. The van der Waals surface area contributed by atoms with E-state index in [9.17, 15) is 13.2 Å². The number of nitrogens with one attached hydrogen (secondary N) is 2. The molecule has 0 radical (unpaired) electrons. The van der Waals surface area contributed by atoms with Gasteiger partial charge in [-0.3, -0.25) is 10.3 Å². The van der Waals surface area contributed by atoms with Crippen molar-refractivity contribution in [2.75, 3.05) is 10.7 Å². The van der Waals surface area contributed by atoms with Crippen molar-refractivity contribution >= 4 is 51.5 Å². The Bertz CT molecular complexity index is 1760. The maximum Gasteiger partial charge on any atom is 0.573 e. The van der Waals surface area contributed by atoms with E-state index in [1.165, 1.54) is 46.5 Å². The fourth-order valence-corrected chi connectivity index (χ4v) is 6.31. The van der Waals surface area contributed by atoms with Gasteiger partial charge in [0, 0.05) is 34.0 Å². The SMILES string of the molecule is CC1C=C2CS/C(=N\C(=S)NNC(C)c3ccc(-c4ncn(-c5ccc(OC(F)(F)F)cc5)n4)cc3)N2c2cc(Cl)ccc21. The molecule has 226 valence electrons. The molecular weight excluding hydrogens is 631 g/mol. The molecule has 2 N–H and O–H groups in total. The zero-order valence-electron chi connectivity index (χ0n) is 23.3. The van der Waals surface area contributed by atoms with Crippen LogP contribution in [0.15, 0.2) is 89.8 Å². The lowest BCUT2D eigenvalue weighted by atomic mass is 9.94. The number of nitrogens with zero attached hydrogens (tertiary/aromatic N) is 5. The summed E-state index contributed by atoms with van der Waals surface area (Å²) in [6.45, 7) is 4.17. The lowest BCUT2D eigenvalue weighted by molar-refractivity contribution is -0.274. The van der Waals surface area contributed by atoms with Gasteiger partial charge in [0.05, 0.1) is 11.4 Å². The Balaban J connectivity index is 1.07. The third-order valence-corrected chi connectivity index (χ3v) is 8.48. The van der Waals surface area contributed by atoms with E-state index in [2.05, 4.69) is 54.6 Å². The lowest BCUT2D eigenvalue weighted by Gasteiger charge is -2.30. The van der Waals surface area contributed by atoms with Gasteiger partial charge in [0.2, 0.25) is 5.11 Å². The number of aliphatic imine (C=N–C) groups is 1. The van der Waals surface area contributed by atoms with Gasteiger partial charge in [-0.2, -0.15) is 4.99 Å². The third-order valence-electron chi connectivity index (χ3n) is 7.08. The minimum Gasteiger partial charge on any atom is -0.406 e. The molecule has 2 unspecified atom stereocenters. The largest absolute Gasteiger partial charge is 0.573 e. The highest BCUT2D eigenvalue weighted by Crippen LogP contribution is 2.43. The molecule has 2 aliphatic rings. The van der Waals surface area contributed by atoms with E-state index in [0.29, 0.717) is 27.6 Å². The van der Waals surface area contributed by atoms with Crippen molar-refractivity contribution < 1.29 is 17.9 Å². The van der Waals surface area contributed by atoms with Gasteiger partial charge in [0.25, 0.3) is 0 Å². The number of fused-ring (bicyclic) bond motifs is 3. The molecule has 8 nitrogen and oxygen atoms in total. The predicted octanol–water partition coefficient (Wildman–Crippen LogP) is 7.54. The van der Waals surface area contributed by atoms with Crippen LogP contribution in [0.5, 0.6) is 5.75 Å². The van der Waals surface area contributed by atoms with Crippen molar-refractivity contribution in [2.24, 2.45) is 4.99 Å². The summed E-state index contributed by atoms with van der Waals surface area (Å²) in [4.78, 5) is 11.1. The molecule has 0 saturated carbocycles. The van der Waals surface area contributed by atoms with Crippen LogP contribution in [0.1, 0.15) is 36.9 Å². The minimum absolute atomic E-state index is 0.104. The number of thiocarbonyl (C=S) groups is 1. The van der Waals surface area contributed by atoms with Crippen LogP contribution in [0.2, 0.25) is 5.02 Å². The number of allylic oxidation sites excluding steroid dienone is 1. The molecule has 1 saturated heterocycles. The van der Waals surface area contributed by atoms with Crippen LogP contribution < -0.4 is 20.5 Å². The van der Waals surface area contributed by atoms with E-state index in [0.717, 1.165) is 27.7 Å². The van der Waals surface area contributed by atoms with E-state index >= 15 is 0 Å². The second-order valence-electron chi connectivity index (χ2n) is 10.1. The first-order valence-corrected chi connectivity index (χ1v) is 15.3. The van der Waals surface area contributed by atoms with Crippen LogP contribution in [0, 0.1) is 0 Å². The van der Waals surface area contributed by atoms with Crippen molar-refractivity contribution in [2.45, 2.75) is 32.2 Å². The monoisotopic (exact) mass is 655 g/mol. The number of ether oxygens (including phenoxy) is 1. The molecule has 44 heavy (non-hydrogen) atoms. The second-order valence-corrected chi connectivity index (χ2v) is 11.9. The number of amidine groups is 1. The number of halogens is 4. The summed E-state index contributed by atoms with van der Waals surface area (Å²) in [6, 6.07) is 18.9. The molecule has 14 heteroatoms. The van der Waals surface area contributed by atoms with Crippen molar-refractivity contribution in [3.63, 3.8) is 0 Å². The summed E-state index contributed by atoms with van der Waals surface area (Å²) in [7, 11) is 0. The summed E-state index contributed by atoms with van der Waals surface area (Å²) in [5.74, 6) is 1.27. The highest BCUT2D eigenvalue weighted by Gasteiger charge is 2.33. The highest BCUT2D eigenvalue weighted by atomic mass is 35.5. The molecule has 2 aliphatic heterocycles. The molecule has 1 aromatic heterocycles. The molecular formula is C30H25ClF3N7OS2. The van der Waals surface area contributed by atoms with Crippen molar-refractivity contribution in [1.29, 1.82) is 0 Å². The van der Waals surface area contributed by atoms with Crippen LogP contribution in [0.4, 0.5) is 18.9 Å². The molecule has 3 heterocycles.